The van der Waals surface area contributed by atoms with Crippen molar-refractivity contribution in [1.82, 2.24) is 0 Å². The van der Waals surface area contributed by atoms with Gasteiger partial charge in [-0.3, -0.25) is 0 Å². The number of nitrogens with zero attached hydrogens (tertiary/aromatic N) is 1. The molecule has 23 heavy (non-hydrogen) atoms. The van der Waals surface area contributed by atoms with Gasteiger partial charge in [0.05, 0.1) is 0 Å². The van der Waals surface area contributed by atoms with Crippen LogP contribution in [-0.2, 0) is 13.3 Å². The summed E-state index contributed by atoms with van der Waals surface area (Å²) in [4.78, 5) is 2.34. The van der Waals surface area contributed by atoms with Gasteiger partial charge in [-0.1, -0.05) is 18.2 Å². The Morgan fingerprint density at radius 1 is 0.913 bits per heavy atom. The van der Waals surface area contributed by atoms with Crippen molar-refractivity contribution in [3.05, 3.63) is 30.3 Å². The maximum Gasteiger partial charge on any atom is 0.502 e. The highest BCUT2D eigenvalue weighted by Gasteiger charge is 2.40. The summed E-state index contributed by atoms with van der Waals surface area (Å²) >= 11 is 0. The molecule has 132 valence electrons. The quantitative estimate of drug-likeness (QED) is 0.560. The molecular formula is C17H32N2O3Si. The standard InChI is InChI=1S/C17H32N2O3Si/c1-4-20-23(21-5-2,22-6-3)16-15-19(14-10-13-18)17-11-8-7-9-12-17/h7-9,11-12H,4-6,10,13-16,18H2,1-3H3. The summed E-state index contributed by atoms with van der Waals surface area (Å²) in [5, 5.41) is 0. The van der Waals surface area contributed by atoms with Gasteiger partial charge in [-0.2, -0.15) is 0 Å². The molecule has 0 fully saturated rings. The first kappa shape index (κ1) is 20.1. The summed E-state index contributed by atoms with van der Waals surface area (Å²) in [5.41, 5.74) is 6.89. The van der Waals surface area contributed by atoms with Crippen LogP contribution in [0.15, 0.2) is 30.3 Å². The van der Waals surface area contributed by atoms with Crippen LogP contribution in [0, 0.1) is 0 Å². The average Bonchev–Trinajstić information content (AvgIpc) is 2.56. The van der Waals surface area contributed by atoms with Crippen LogP contribution in [0.1, 0.15) is 27.2 Å². The summed E-state index contributed by atoms with van der Waals surface area (Å²) < 4.78 is 17.8. The lowest BCUT2D eigenvalue weighted by atomic mass is 10.2. The lowest BCUT2D eigenvalue weighted by Crippen LogP contribution is -2.48. The summed E-state index contributed by atoms with van der Waals surface area (Å²) in [7, 11) is -2.60. The number of hydrogen-bond donors (Lipinski definition) is 1. The molecule has 1 aromatic rings. The molecule has 0 radical (unpaired) electrons. The topological polar surface area (TPSA) is 57.0 Å². The second-order valence-electron chi connectivity index (χ2n) is 5.20. The van der Waals surface area contributed by atoms with Crippen LogP contribution in [0.2, 0.25) is 6.04 Å². The van der Waals surface area contributed by atoms with Gasteiger partial charge in [0.25, 0.3) is 0 Å². The summed E-state index contributed by atoms with van der Waals surface area (Å²) in [5.74, 6) is 0. The van der Waals surface area contributed by atoms with Gasteiger partial charge in [0, 0.05) is 44.6 Å². The third-order valence-corrected chi connectivity index (χ3v) is 6.56. The fraction of sp³-hybridized carbons (Fsp3) is 0.647. The Kier molecular flexibility index (Phi) is 10.1. The lowest BCUT2D eigenvalue weighted by Gasteiger charge is -2.32. The zero-order chi connectivity index (χ0) is 17.0. The van der Waals surface area contributed by atoms with E-state index in [2.05, 4.69) is 29.2 Å². The van der Waals surface area contributed by atoms with Crippen molar-refractivity contribution in [1.29, 1.82) is 0 Å². The van der Waals surface area contributed by atoms with Gasteiger partial charge in [-0.15, -0.1) is 0 Å². The van der Waals surface area contributed by atoms with E-state index in [-0.39, 0.29) is 0 Å². The third-order valence-electron chi connectivity index (χ3n) is 3.53. The van der Waals surface area contributed by atoms with Gasteiger partial charge in [0.2, 0.25) is 0 Å². The van der Waals surface area contributed by atoms with Crippen molar-refractivity contribution in [2.24, 2.45) is 5.73 Å². The first-order valence-corrected chi connectivity index (χ1v) is 10.6. The van der Waals surface area contributed by atoms with E-state index in [1.807, 2.05) is 26.8 Å². The number of hydrogen-bond acceptors (Lipinski definition) is 5. The molecule has 0 aliphatic rings. The van der Waals surface area contributed by atoms with E-state index >= 15 is 0 Å². The zero-order valence-electron chi connectivity index (χ0n) is 14.8. The van der Waals surface area contributed by atoms with Crippen LogP contribution in [0.5, 0.6) is 0 Å². The Bertz CT molecular complexity index is 389. The largest absolute Gasteiger partial charge is 0.502 e. The van der Waals surface area contributed by atoms with E-state index in [1.165, 1.54) is 5.69 Å². The summed E-state index contributed by atoms with van der Waals surface area (Å²) in [6, 6.07) is 11.2. The van der Waals surface area contributed by atoms with Crippen LogP contribution in [0.3, 0.4) is 0 Å². The minimum atomic E-state index is -2.60. The zero-order valence-corrected chi connectivity index (χ0v) is 15.8. The molecule has 0 atom stereocenters. The van der Waals surface area contributed by atoms with Gasteiger partial charge in [-0.05, 0) is 45.9 Å². The van der Waals surface area contributed by atoms with Gasteiger partial charge in [-0.25, -0.2) is 0 Å². The van der Waals surface area contributed by atoms with Crippen molar-refractivity contribution < 1.29 is 13.3 Å². The van der Waals surface area contributed by atoms with E-state index in [9.17, 15) is 0 Å². The molecule has 0 heterocycles. The number of rotatable bonds is 13. The first-order valence-electron chi connectivity index (χ1n) is 8.63. The van der Waals surface area contributed by atoms with E-state index in [4.69, 9.17) is 19.0 Å². The molecule has 2 N–H and O–H groups in total. The van der Waals surface area contributed by atoms with Crippen LogP contribution in [0.4, 0.5) is 5.69 Å². The molecule has 0 unspecified atom stereocenters. The molecule has 0 amide bonds. The van der Waals surface area contributed by atoms with Crippen LogP contribution in [0.25, 0.3) is 0 Å². The Hall–Kier alpha value is -0.923. The highest BCUT2D eigenvalue weighted by atomic mass is 28.4. The maximum absolute atomic E-state index is 5.94. The highest BCUT2D eigenvalue weighted by molar-refractivity contribution is 6.60. The molecule has 0 spiro atoms. The van der Waals surface area contributed by atoms with Crippen molar-refractivity contribution in [2.45, 2.75) is 33.2 Å². The summed E-state index contributed by atoms with van der Waals surface area (Å²) in [6.45, 7) is 10.3. The van der Waals surface area contributed by atoms with Crippen molar-refractivity contribution >= 4 is 14.5 Å². The van der Waals surface area contributed by atoms with Crippen LogP contribution < -0.4 is 10.6 Å². The second-order valence-corrected chi connectivity index (χ2v) is 7.93. The molecule has 0 saturated heterocycles. The number of nitrogens with two attached hydrogens (primary N) is 1. The van der Waals surface area contributed by atoms with Gasteiger partial charge < -0.3 is 23.9 Å². The fourth-order valence-electron chi connectivity index (χ4n) is 2.56. The van der Waals surface area contributed by atoms with E-state index in [0.29, 0.717) is 26.4 Å². The van der Waals surface area contributed by atoms with E-state index in [1.54, 1.807) is 0 Å². The predicted molar refractivity (Wildman–Crippen MR) is 97.8 cm³/mol. The Morgan fingerprint density at radius 3 is 1.96 bits per heavy atom. The molecule has 1 rings (SSSR count). The molecule has 0 bridgehead atoms. The van der Waals surface area contributed by atoms with E-state index < -0.39 is 8.80 Å². The van der Waals surface area contributed by atoms with Gasteiger partial charge >= 0.3 is 8.80 Å². The van der Waals surface area contributed by atoms with Crippen molar-refractivity contribution in [3.8, 4) is 0 Å². The molecule has 0 aliphatic heterocycles. The number of anilines is 1. The molecule has 0 saturated carbocycles. The van der Waals surface area contributed by atoms with Crippen molar-refractivity contribution in [2.75, 3.05) is 44.4 Å². The molecule has 6 heteroatoms. The predicted octanol–water partition coefficient (Wildman–Crippen LogP) is 2.89. The third kappa shape index (κ3) is 7.01. The number of para-hydroxylation sites is 1. The van der Waals surface area contributed by atoms with Crippen LogP contribution in [-0.4, -0.2) is 48.3 Å². The molecule has 5 nitrogen and oxygen atoms in total. The SMILES string of the molecule is CCO[Si](CCN(CCCN)c1ccccc1)(OCC)OCC. The maximum atomic E-state index is 5.94. The van der Waals surface area contributed by atoms with Gasteiger partial charge in [0.15, 0.2) is 0 Å². The molecule has 1 aromatic carbocycles. The Morgan fingerprint density at radius 2 is 1.48 bits per heavy atom. The molecular weight excluding hydrogens is 308 g/mol. The Balaban J connectivity index is 2.79. The minimum Gasteiger partial charge on any atom is -0.374 e. The average molecular weight is 341 g/mol. The monoisotopic (exact) mass is 340 g/mol. The normalized spacial score (nSPS) is 11.7. The smallest absolute Gasteiger partial charge is 0.374 e. The molecule has 0 aliphatic carbocycles. The van der Waals surface area contributed by atoms with Crippen molar-refractivity contribution in [3.63, 3.8) is 0 Å². The highest BCUT2D eigenvalue weighted by Crippen LogP contribution is 2.20. The van der Waals surface area contributed by atoms with Crippen LogP contribution >= 0.6 is 0 Å². The first-order chi connectivity index (χ1) is 11.2. The summed E-state index contributed by atoms with van der Waals surface area (Å²) in [6.07, 6.45) is 0.960. The number of benzene rings is 1. The van der Waals surface area contributed by atoms with E-state index in [0.717, 1.165) is 25.6 Å². The second kappa shape index (κ2) is 11.6. The molecule has 0 aromatic heterocycles. The lowest BCUT2D eigenvalue weighted by molar-refractivity contribution is 0.0718. The minimum absolute atomic E-state index is 0.611. The van der Waals surface area contributed by atoms with Gasteiger partial charge in [0.1, 0.15) is 0 Å². The Labute approximate surface area is 142 Å². The fourth-order valence-corrected chi connectivity index (χ4v) is 5.11.